The molecule has 0 aromatic carbocycles. The minimum Gasteiger partial charge on any atom is -0.316 e. The van der Waals surface area contributed by atoms with Crippen LogP contribution in [0.2, 0.25) is 0 Å². The van der Waals surface area contributed by atoms with Gasteiger partial charge in [-0.1, -0.05) is 27.7 Å². The smallest absolute Gasteiger partial charge is 0.0206 e. The normalized spacial score (nSPS) is 32.6. The molecule has 1 fully saturated rings. The second-order valence-corrected chi connectivity index (χ2v) is 7.26. The summed E-state index contributed by atoms with van der Waals surface area (Å²) in [5.41, 5.74) is 0. The highest BCUT2D eigenvalue weighted by Crippen LogP contribution is 2.37. The lowest BCUT2D eigenvalue weighted by Crippen LogP contribution is -2.42. The highest BCUT2D eigenvalue weighted by Gasteiger charge is 2.31. The molecule has 1 N–H and O–H groups in total. The van der Waals surface area contributed by atoms with Crippen molar-refractivity contribution in [1.29, 1.82) is 0 Å². The molecule has 3 atom stereocenters. The van der Waals surface area contributed by atoms with Crippen molar-refractivity contribution in [2.75, 3.05) is 7.05 Å². The van der Waals surface area contributed by atoms with Gasteiger partial charge in [-0.3, -0.25) is 0 Å². The zero-order valence-electron chi connectivity index (χ0n) is 10.9. The van der Waals surface area contributed by atoms with Gasteiger partial charge in [-0.05, 0) is 43.4 Å². The predicted molar refractivity (Wildman–Crippen MR) is 71.5 cm³/mol. The summed E-state index contributed by atoms with van der Waals surface area (Å²) in [5.74, 6) is 1.81. The van der Waals surface area contributed by atoms with Crippen LogP contribution in [0.5, 0.6) is 0 Å². The van der Waals surface area contributed by atoms with Gasteiger partial charge >= 0.3 is 0 Å². The van der Waals surface area contributed by atoms with Crippen molar-refractivity contribution >= 4 is 11.8 Å². The fraction of sp³-hybridized carbons (Fsp3) is 1.00. The number of thioether (sulfide) groups is 1. The van der Waals surface area contributed by atoms with E-state index in [9.17, 15) is 0 Å². The lowest BCUT2D eigenvalue weighted by Gasteiger charge is -2.38. The molecule has 3 unspecified atom stereocenters. The van der Waals surface area contributed by atoms with Gasteiger partial charge in [0.15, 0.2) is 0 Å². The summed E-state index contributed by atoms with van der Waals surface area (Å²) in [4.78, 5) is 0. The summed E-state index contributed by atoms with van der Waals surface area (Å²) in [5, 5.41) is 5.09. The predicted octanol–water partition coefficient (Wildman–Crippen LogP) is 3.54. The second-order valence-electron chi connectivity index (χ2n) is 5.44. The quantitative estimate of drug-likeness (QED) is 0.791. The van der Waals surface area contributed by atoms with E-state index in [4.69, 9.17) is 0 Å². The molecule has 2 heteroatoms. The Morgan fingerprint density at radius 2 is 1.80 bits per heavy atom. The van der Waals surface area contributed by atoms with Gasteiger partial charge in [0.05, 0.1) is 0 Å². The van der Waals surface area contributed by atoms with Crippen LogP contribution in [0.1, 0.15) is 47.0 Å². The van der Waals surface area contributed by atoms with E-state index in [0.29, 0.717) is 0 Å². The summed E-state index contributed by atoms with van der Waals surface area (Å²) in [6.07, 6.45) is 4.19. The Labute approximate surface area is 99.8 Å². The lowest BCUT2D eigenvalue weighted by molar-refractivity contribution is 0.251. The second kappa shape index (κ2) is 6.15. The summed E-state index contributed by atoms with van der Waals surface area (Å²) < 4.78 is 0. The molecular weight excluding hydrogens is 202 g/mol. The van der Waals surface area contributed by atoms with Crippen LogP contribution in [0.3, 0.4) is 0 Å². The molecule has 0 amide bonds. The van der Waals surface area contributed by atoms with Crippen LogP contribution in [-0.2, 0) is 0 Å². The molecule has 0 aliphatic heterocycles. The van der Waals surface area contributed by atoms with Crippen LogP contribution in [0.15, 0.2) is 0 Å². The summed E-state index contributed by atoms with van der Waals surface area (Å²) in [7, 11) is 2.12. The molecule has 0 heterocycles. The Bertz CT molecular complexity index is 179. The van der Waals surface area contributed by atoms with Crippen molar-refractivity contribution in [3.8, 4) is 0 Å². The average Bonchev–Trinajstić information content (AvgIpc) is 2.16. The molecule has 0 aromatic heterocycles. The molecular formula is C13H27NS. The van der Waals surface area contributed by atoms with E-state index in [1.807, 2.05) is 0 Å². The first kappa shape index (κ1) is 13.4. The molecule has 1 rings (SSSR count). The topological polar surface area (TPSA) is 12.0 Å². The van der Waals surface area contributed by atoms with E-state index >= 15 is 0 Å². The molecule has 1 saturated carbocycles. The maximum Gasteiger partial charge on any atom is 0.0206 e. The summed E-state index contributed by atoms with van der Waals surface area (Å²) in [6.45, 7) is 9.38. The Kier molecular flexibility index (Phi) is 5.48. The number of rotatable bonds is 4. The molecule has 0 bridgehead atoms. The standard InChI is InChI=1S/C13H27NS/c1-9(2)11-6-7-12(14-5)13(8-11)15-10(3)4/h9-14H,6-8H2,1-5H3. The maximum absolute atomic E-state index is 3.50. The van der Waals surface area contributed by atoms with Crippen molar-refractivity contribution in [1.82, 2.24) is 5.32 Å². The first-order chi connectivity index (χ1) is 7.04. The summed E-state index contributed by atoms with van der Waals surface area (Å²) >= 11 is 2.17. The zero-order chi connectivity index (χ0) is 11.4. The molecule has 90 valence electrons. The highest BCUT2D eigenvalue weighted by atomic mass is 32.2. The zero-order valence-corrected chi connectivity index (χ0v) is 11.7. The summed E-state index contributed by atoms with van der Waals surface area (Å²) in [6, 6.07) is 0.743. The molecule has 0 radical (unpaired) electrons. The van der Waals surface area contributed by atoms with Crippen molar-refractivity contribution < 1.29 is 0 Å². The van der Waals surface area contributed by atoms with Crippen LogP contribution < -0.4 is 5.32 Å². The average molecular weight is 229 g/mol. The van der Waals surface area contributed by atoms with Crippen LogP contribution in [0.25, 0.3) is 0 Å². The van der Waals surface area contributed by atoms with E-state index in [-0.39, 0.29) is 0 Å². The SMILES string of the molecule is CNC1CCC(C(C)C)CC1SC(C)C. The number of nitrogens with one attached hydrogen (secondary N) is 1. The van der Waals surface area contributed by atoms with Crippen LogP contribution in [-0.4, -0.2) is 23.6 Å². The third kappa shape index (κ3) is 3.99. The molecule has 0 saturated heterocycles. The van der Waals surface area contributed by atoms with Gasteiger partial charge in [-0.2, -0.15) is 11.8 Å². The van der Waals surface area contributed by atoms with E-state index in [2.05, 4.69) is 51.8 Å². The fourth-order valence-corrected chi connectivity index (χ4v) is 4.12. The Morgan fingerprint density at radius 1 is 1.13 bits per heavy atom. The minimum atomic E-state index is 0.743. The van der Waals surface area contributed by atoms with Crippen LogP contribution in [0.4, 0.5) is 0 Å². The largest absolute Gasteiger partial charge is 0.316 e. The molecule has 1 aliphatic carbocycles. The third-order valence-electron chi connectivity index (χ3n) is 3.59. The molecule has 0 spiro atoms. The van der Waals surface area contributed by atoms with Crippen molar-refractivity contribution in [3.63, 3.8) is 0 Å². The van der Waals surface area contributed by atoms with Crippen LogP contribution in [0, 0.1) is 11.8 Å². The van der Waals surface area contributed by atoms with Crippen molar-refractivity contribution in [2.24, 2.45) is 11.8 Å². The molecule has 1 aliphatic rings. The van der Waals surface area contributed by atoms with Crippen LogP contribution >= 0.6 is 11.8 Å². The Hall–Kier alpha value is 0.310. The van der Waals surface area contributed by atoms with Gasteiger partial charge in [0.1, 0.15) is 0 Å². The van der Waals surface area contributed by atoms with Gasteiger partial charge in [0.25, 0.3) is 0 Å². The first-order valence-electron chi connectivity index (χ1n) is 6.37. The van der Waals surface area contributed by atoms with E-state index < -0.39 is 0 Å². The number of hydrogen-bond donors (Lipinski definition) is 1. The van der Waals surface area contributed by atoms with E-state index in [1.54, 1.807) is 0 Å². The maximum atomic E-state index is 3.50. The Morgan fingerprint density at radius 3 is 2.27 bits per heavy atom. The van der Waals surface area contributed by atoms with Gasteiger partial charge in [-0.25, -0.2) is 0 Å². The van der Waals surface area contributed by atoms with Crippen molar-refractivity contribution in [2.45, 2.75) is 63.5 Å². The van der Waals surface area contributed by atoms with E-state index in [1.165, 1.54) is 19.3 Å². The van der Waals surface area contributed by atoms with E-state index in [0.717, 1.165) is 28.4 Å². The van der Waals surface area contributed by atoms with Gasteiger partial charge in [0, 0.05) is 11.3 Å². The molecule has 1 nitrogen and oxygen atoms in total. The van der Waals surface area contributed by atoms with Gasteiger partial charge in [0.2, 0.25) is 0 Å². The minimum absolute atomic E-state index is 0.743. The molecule has 15 heavy (non-hydrogen) atoms. The molecule has 0 aromatic rings. The third-order valence-corrected chi connectivity index (χ3v) is 5.01. The Balaban J connectivity index is 2.53. The number of hydrogen-bond acceptors (Lipinski definition) is 2. The van der Waals surface area contributed by atoms with Gasteiger partial charge < -0.3 is 5.32 Å². The lowest BCUT2D eigenvalue weighted by atomic mass is 9.79. The van der Waals surface area contributed by atoms with Crippen molar-refractivity contribution in [3.05, 3.63) is 0 Å². The monoisotopic (exact) mass is 229 g/mol. The van der Waals surface area contributed by atoms with Gasteiger partial charge in [-0.15, -0.1) is 0 Å². The highest BCUT2D eigenvalue weighted by molar-refractivity contribution is 8.00. The first-order valence-corrected chi connectivity index (χ1v) is 7.31. The fourth-order valence-electron chi connectivity index (χ4n) is 2.60.